The van der Waals surface area contributed by atoms with Gasteiger partial charge in [0.1, 0.15) is 0 Å². The Hall–Kier alpha value is -0.440. The Morgan fingerprint density at radius 1 is 1.44 bits per heavy atom. The molecule has 1 saturated carbocycles. The minimum Gasteiger partial charge on any atom is -0.107 e. The molecule has 0 aromatic rings. The molecular weight excluding hydrogens is 108 g/mol. The zero-order chi connectivity index (χ0) is 6.74. The second-order valence-corrected chi connectivity index (χ2v) is 3.27. The van der Waals surface area contributed by atoms with Gasteiger partial charge in [0.05, 0.1) is 0 Å². The molecule has 0 spiro atoms. The van der Waals surface area contributed by atoms with E-state index in [1.165, 1.54) is 19.3 Å². The first kappa shape index (κ1) is 6.68. The van der Waals surface area contributed by atoms with Crippen molar-refractivity contribution in [1.29, 1.82) is 0 Å². The Balaban J connectivity index is 2.30. The van der Waals surface area contributed by atoms with Gasteiger partial charge in [-0.25, -0.2) is 0 Å². The Labute approximate surface area is 57.7 Å². The first-order chi connectivity index (χ1) is 4.27. The third-order valence-corrected chi connectivity index (χ3v) is 2.25. The van der Waals surface area contributed by atoms with Crippen LogP contribution in [0.1, 0.15) is 39.5 Å². The van der Waals surface area contributed by atoms with Crippen molar-refractivity contribution >= 4 is 0 Å². The third kappa shape index (κ3) is 1.48. The van der Waals surface area contributed by atoms with Gasteiger partial charge in [-0.3, -0.25) is 0 Å². The number of hydrogen-bond donors (Lipinski definition) is 0. The fourth-order valence-corrected chi connectivity index (χ4v) is 1.26. The van der Waals surface area contributed by atoms with E-state index in [0.29, 0.717) is 5.41 Å². The normalized spacial score (nSPS) is 21.6. The van der Waals surface area contributed by atoms with Crippen LogP contribution < -0.4 is 0 Å². The Morgan fingerprint density at radius 2 is 2.11 bits per heavy atom. The van der Waals surface area contributed by atoms with E-state index in [0.717, 1.165) is 6.42 Å². The van der Waals surface area contributed by atoms with Crippen molar-refractivity contribution in [2.24, 2.45) is 5.41 Å². The van der Waals surface area contributed by atoms with Gasteiger partial charge in [0, 0.05) is 6.42 Å². The Kier molecular flexibility index (Phi) is 1.81. The molecule has 0 aromatic carbocycles. The maximum atomic E-state index is 3.14. The van der Waals surface area contributed by atoms with Gasteiger partial charge >= 0.3 is 0 Å². The summed E-state index contributed by atoms with van der Waals surface area (Å²) in [7, 11) is 0. The quantitative estimate of drug-likeness (QED) is 0.469. The topological polar surface area (TPSA) is 0 Å². The van der Waals surface area contributed by atoms with Crippen molar-refractivity contribution in [2.45, 2.75) is 39.5 Å². The number of hydrogen-bond acceptors (Lipinski definition) is 0. The predicted octanol–water partition coefficient (Wildman–Crippen LogP) is 2.59. The van der Waals surface area contributed by atoms with Crippen molar-refractivity contribution in [3.63, 3.8) is 0 Å². The van der Waals surface area contributed by atoms with Crippen molar-refractivity contribution in [2.75, 3.05) is 0 Å². The van der Waals surface area contributed by atoms with Crippen molar-refractivity contribution in [1.82, 2.24) is 0 Å². The molecule has 1 fully saturated rings. The lowest BCUT2D eigenvalue weighted by molar-refractivity contribution is 0.169. The molecule has 1 aliphatic rings. The van der Waals surface area contributed by atoms with Crippen LogP contribution in [-0.2, 0) is 0 Å². The summed E-state index contributed by atoms with van der Waals surface area (Å²) in [5.41, 5.74) is 0.600. The van der Waals surface area contributed by atoms with Crippen LogP contribution in [0.2, 0.25) is 0 Å². The molecule has 0 bridgehead atoms. The van der Waals surface area contributed by atoms with E-state index in [4.69, 9.17) is 0 Å². The first-order valence-corrected chi connectivity index (χ1v) is 3.66. The molecule has 0 radical (unpaired) electrons. The molecule has 0 heteroatoms. The second-order valence-electron chi connectivity index (χ2n) is 3.27. The fraction of sp³-hybridized carbons (Fsp3) is 0.778. The van der Waals surface area contributed by atoms with E-state index in [9.17, 15) is 0 Å². The molecule has 0 nitrogen and oxygen atoms in total. The highest BCUT2D eigenvalue weighted by atomic mass is 14.3. The molecule has 0 N–H and O–H groups in total. The maximum Gasteiger partial charge on any atom is 0.0143 e. The van der Waals surface area contributed by atoms with Crippen molar-refractivity contribution in [3.8, 4) is 11.8 Å². The van der Waals surface area contributed by atoms with E-state index >= 15 is 0 Å². The van der Waals surface area contributed by atoms with Crippen LogP contribution in [0.15, 0.2) is 0 Å². The number of rotatable bonds is 1. The summed E-state index contributed by atoms with van der Waals surface area (Å²) in [4.78, 5) is 0. The molecule has 0 unspecified atom stereocenters. The van der Waals surface area contributed by atoms with Crippen LogP contribution in [0.3, 0.4) is 0 Å². The SMILES string of the molecule is CC#CCC1(C)CCC1. The molecule has 0 aliphatic heterocycles. The minimum absolute atomic E-state index is 0.600. The van der Waals surface area contributed by atoms with Gasteiger partial charge in [-0.05, 0) is 25.2 Å². The highest BCUT2D eigenvalue weighted by Gasteiger charge is 2.30. The fourth-order valence-electron chi connectivity index (χ4n) is 1.26. The van der Waals surface area contributed by atoms with Crippen molar-refractivity contribution in [3.05, 3.63) is 0 Å². The summed E-state index contributed by atoms with van der Waals surface area (Å²) < 4.78 is 0. The van der Waals surface area contributed by atoms with Gasteiger partial charge in [0.15, 0.2) is 0 Å². The predicted molar refractivity (Wildman–Crippen MR) is 40.0 cm³/mol. The van der Waals surface area contributed by atoms with Crippen LogP contribution in [-0.4, -0.2) is 0 Å². The van der Waals surface area contributed by atoms with Crippen LogP contribution in [0.5, 0.6) is 0 Å². The van der Waals surface area contributed by atoms with Crippen molar-refractivity contribution < 1.29 is 0 Å². The Bertz CT molecular complexity index is 141. The lowest BCUT2D eigenvalue weighted by atomic mass is 9.68. The summed E-state index contributed by atoms with van der Waals surface area (Å²) in [5, 5.41) is 0. The van der Waals surface area contributed by atoms with Gasteiger partial charge in [-0.1, -0.05) is 13.3 Å². The zero-order valence-corrected chi connectivity index (χ0v) is 6.33. The molecular formula is C9H14. The van der Waals surface area contributed by atoms with Gasteiger partial charge in [-0.15, -0.1) is 11.8 Å². The summed E-state index contributed by atoms with van der Waals surface area (Å²) >= 11 is 0. The second kappa shape index (κ2) is 2.43. The maximum absolute atomic E-state index is 3.14. The van der Waals surface area contributed by atoms with E-state index in [2.05, 4.69) is 18.8 Å². The zero-order valence-electron chi connectivity index (χ0n) is 6.33. The van der Waals surface area contributed by atoms with Crippen LogP contribution in [0.4, 0.5) is 0 Å². The van der Waals surface area contributed by atoms with E-state index < -0.39 is 0 Å². The smallest absolute Gasteiger partial charge is 0.0143 e. The summed E-state index contributed by atoms with van der Waals surface area (Å²) in [6.45, 7) is 4.25. The average molecular weight is 122 g/mol. The van der Waals surface area contributed by atoms with Crippen LogP contribution >= 0.6 is 0 Å². The molecule has 50 valence electrons. The van der Waals surface area contributed by atoms with Gasteiger partial charge in [-0.2, -0.15) is 0 Å². The monoisotopic (exact) mass is 122 g/mol. The lowest BCUT2D eigenvalue weighted by Gasteiger charge is -2.36. The Morgan fingerprint density at radius 3 is 2.44 bits per heavy atom. The molecule has 1 aliphatic carbocycles. The molecule has 0 aromatic heterocycles. The summed E-state index contributed by atoms with van der Waals surface area (Å²) in [6, 6.07) is 0. The summed E-state index contributed by atoms with van der Waals surface area (Å²) in [5.74, 6) is 6.08. The summed E-state index contributed by atoms with van der Waals surface area (Å²) in [6.07, 6.45) is 5.31. The minimum atomic E-state index is 0.600. The molecule has 0 heterocycles. The van der Waals surface area contributed by atoms with E-state index in [1.807, 2.05) is 6.92 Å². The van der Waals surface area contributed by atoms with Crippen LogP contribution in [0.25, 0.3) is 0 Å². The van der Waals surface area contributed by atoms with E-state index in [1.54, 1.807) is 0 Å². The highest BCUT2D eigenvalue weighted by Crippen LogP contribution is 2.42. The molecule has 0 amide bonds. The molecule has 9 heavy (non-hydrogen) atoms. The van der Waals surface area contributed by atoms with E-state index in [-0.39, 0.29) is 0 Å². The van der Waals surface area contributed by atoms with Crippen LogP contribution in [0, 0.1) is 17.3 Å². The standard InChI is InChI=1S/C9H14/c1-3-4-6-9(2)7-5-8-9/h5-8H2,1-2H3. The largest absolute Gasteiger partial charge is 0.107 e. The highest BCUT2D eigenvalue weighted by molar-refractivity contribution is 5.01. The first-order valence-electron chi connectivity index (χ1n) is 3.66. The molecule has 0 atom stereocenters. The van der Waals surface area contributed by atoms with Gasteiger partial charge < -0.3 is 0 Å². The molecule has 0 saturated heterocycles. The third-order valence-electron chi connectivity index (χ3n) is 2.25. The lowest BCUT2D eigenvalue weighted by Crippen LogP contribution is -2.24. The van der Waals surface area contributed by atoms with Gasteiger partial charge in [0.25, 0.3) is 0 Å². The van der Waals surface area contributed by atoms with Gasteiger partial charge in [0.2, 0.25) is 0 Å². The average Bonchev–Trinajstić information content (AvgIpc) is 1.79. The molecule has 1 rings (SSSR count).